The molecule has 0 aliphatic carbocycles. The molecule has 0 radical (unpaired) electrons. The quantitative estimate of drug-likeness (QED) is 0.715. The molecule has 0 saturated carbocycles. The van der Waals surface area contributed by atoms with Crippen molar-refractivity contribution >= 4 is 11.8 Å². The van der Waals surface area contributed by atoms with Crippen LogP contribution in [-0.4, -0.2) is 42.1 Å². The third kappa shape index (κ3) is 3.01. The summed E-state index contributed by atoms with van der Waals surface area (Å²) in [5, 5.41) is 28.3. The van der Waals surface area contributed by atoms with E-state index >= 15 is 0 Å². The number of tetrazole rings is 1. The number of aliphatic hydroxyl groups excluding tert-OH is 1. The Balaban J connectivity index is 1.94. The molecule has 9 heteroatoms. The van der Waals surface area contributed by atoms with Crippen molar-refractivity contribution in [2.45, 2.75) is 30.8 Å². The number of aliphatic hydroxyl groups is 1. The van der Waals surface area contributed by atoms with E-state index in [0.29, 0.717) is 29.2 Å². The van der Waals surface area contributed by atoms with Crippen LogP contribution in [-0.2, 0) is 18.7 Å². The third-order valence-corrected chi connectivity index (χ3v) is 2.89. The van der Waals surface area contributed by atoms with Gasteiger partial charge in [0.1, 0.15) is 0 Å². The minimum atomic E-state index is -0.000853. The zero-order valence-corrected chi connectivity index (χ0v) is 10.1. The Bertz CT molecular complexity index is 470. The van der Waals surface area contributed by atoms with E-state index in [4.69, 9.17) is 9.52 Å². The standard InChI is InChI=1S/C8H12N6O2S/c1-2-6-9-10-7(16-6)5-17-8-11-12-13-14(8)3-4-15/h15H,2-5H2,1H3. The Morgan fingerprint density at radius 2 is 2.12 bits per heavy atom. The molecule has 2 aromatic rings. The maximum absolute atomic E-state index is 8.82. The second kappa shape index (κ2) is 5.73. The van der Waals surface area contributed by atoms with Gasteiger partial charge >= 0.3 is 0 Å². The summed E-state index contributed by atoms with van der Waals surface area (Å²) >= 11 is 1.39. The highest BCUT2D eigenvalue weighted by atomic mass is 32.2. The van der Waals surface area contributed by atoms with Crippen molar-refractivity contribution in [3.8, 4) is 0 Å². The van der Waals surface area contributed by atoms with Gasteiger partial charge in [-0.3, -0.25) is 0 Å². The topological polar surface area (TPSA) is 103 Å². The highest BCUT2D eigenvalue weighted by Gasteiger charge is 2.10. The van der Waals surface area contributed by atoms with E-state index in [0.717, 1.165) is 6.42 Å². The molecule has 0 unspecified atom stereocenters. The summed E-state index contributed by atoms with van der Waals surface area (Å²) in [4.78, 5) is 0. The fourth-order valence-corrected chi connectivity index (χ4v) is 1.89. The zero-order chi connectivity index (χ0) is 12.1. The van der Waals surface area contributed by atoms with Crippen LogP contribution in [0.25, 0.3) is 0 Å². The molecule has 0 fully saturated rings. The molecule has 0 aliphatic rings. The normalized spacial score (nSPS) is 10.9. The van der Waals surface area contributed by atoms with Gasteiger partial charge in [0, 0.05) is 6.42 Å². The number of thioether (sulfide) groups is 1. The van der Waals surface area contributed by atoms with E-state index < -0.39 is 0 Å². The van der Waals surface area contributed by atoms with Gasteiger partial charge in [0.25, 0.3) is 0 Å². The lowest BCUT2D eigenvalue weighted by Gasteiger charge is -1.99. The van der Waals surface area contributed by atoms with Gasteiger partial charge in [-0.2, -0.15) is 0 Å². The molecule has 0 bridgehead atoms. The molecular formula is C8H12N6O2S. The Labute approximate surface area is 101 Å². The summed E-state index contributed by atoms with van der Waals surface area (Å²) in [5.74, 6) is 1.68. The fraction of sp³-hybridized carbons (Fsp3) is 0.625. The Morgan fingerprint density at radius 3 is 2.82 bits per heavy atom. The predicted molar refractivity (Wildman–Crippen MR) is 58.1 cm³/mol. The van der Waals surface area contributed by atoms with Crippen molar-refractivity contribution < 1.29 is 9.52 Å². The van der Waals surface area contributed by atoms with Crippen LogP contribution in [0.5, 0.6) is 0 Å². The monoisotopic (exact) mass is 256 g/mol. The smallest absolute Gasteiger partial charge is 0.226 e. The summed E-state index contributed by atoms with van der Waals surface area (Å²) in [6.07, 6.45) is 0.722. The first-order valence-corrected chi connectivity index (χ1v) is 6.13. The van der Waals surface area contributed by atoms with Crippen LogP contribution in [0.3, 0.4) is 0 Å². The summed E-state index contributed by atoms with van der Waals surface area (Å²) in [6, 6.07) is 0. The average molecular weight is 256 g/mol. The van der Waals surface area contributed by atoms with E-state index in [2.05, 4.69) is 25.7 Å². The molecule has 92 valence electrons. The highest BCUT2D eigenvalue weighted by Crippen LogP contribution is 2.18. The van der Waals surface area contributed by atoms with Gasteiger partial charge in [-0.1, -0.05) is 18.7 Å². The minimum Gasteiger partial charge on any atom is -0.424 e. The molecule has 2 aromatic heterocycles. The molecule has 0 aromatic carbocycles. The molecule has 0 amide bonds. The number of hydrogen-bond donors (Lipinski definition) is 1. The van der Waals surface area contributed by atoms with Crippen molar-refractivity contribution in [3.05, 3.63) is 11.8 Å². The number of aromatic nitrogens is 6. The molecule has 0 saturated heterocycles. The SMILES string of the molecule is CCc1nnc(CSc2nnnn2CCO)o1. The average Bonchev–Trinajstić information content (AvgIpc) is 2.95. The van der Waals surface area contributed by atoms with Crippen LogP contribution in [0, 0.1) is 0 Å². The second-order valence-electron chi connectivity index (χ2n) is 3.14. The summed E-state index contributed by atoms with van der Waals surface area (Å²) in [6.45, 7) is 2.32. The number of aryl methyl sites for hydroxylation is 1. The first-order valence-electron chi connectivity index (χ1n) is 5.14. The molecule has 2 rings (SSSR count). The van der Waals surface area contributed by atoms with E-state index in [9.17, 15) is 0 Å². The third-order valence-electron chi connectivity index (χ3n) is 1.95. The van der Waals surface area contributed by atoms with Crippen LogP contribution in [0.2, 0.25) is 0 Å². The highest BCUT2D eigenvalue weighted by molar-refractivity contribution is 7.98. The van der Waals surface area contributed by atoms with Gasteiger partial charge in [-0.25, -0.2) is 4.68 Å². The van der Waals surface area contributed by atoms with Crippen molar-refractivity contribution in [3.63, 3.8) is 0 Å². The first-order chi connectivity index (χ1) is 8.33. The molecular weight excluding hydrogens is 244 g/mol. The van der Waals surface area contributed by atoms with E-state index in [-0.39, 0.29) is 6.61 Å². The summed E-state index contributed by atoms with van der Waals surface area (Å²) < 4.78 is 6.89. The van der Waals surface area contributed by atoms with Gasteiger partial charge in [-0.05, 0) is 10.4 Å². The lowest BCUT2D eigenvalue weighted by Crippen LogP contribution is -2.05. The zero-order valence-electron chi connectivity index (χ0n) is 9.28. The fourth-order valence-electron chi connectivity index (χ4n) is 1.15. The number of nitrogens with zero attached hydrogens (tertiary/aromatic N) is 6. The molecule has 17 heavy (non-hydrogen) atoms. The largest absolute Gasteiger partial charge is 0.424 e. The Kier molecular flexibility index (Phi) is 4.04. The van der Waals surface area contributed by atoms with Crippen molar-refractivity contribution in [1.29, 1.82) is 0 Å². The van der Waals surface area contributed by atoms with Gasteiger partial charge in [-0.15, -0.1) is 15.3 Å². The number of rotatable bonds is 6. The van der Waals surface area contributed by atoms with Gasteiger partial charge in [0.05, 0.1) is 18.9 Å². The van der Waals surface area contributed by atoms with Crippen molar-refractivity contribution in [2.24, 2.45) is 0 Å². The van der Waals surface area contributed by atoms with Crippen LogP contribution in [0.4, 0.5) is 0 Å². The van der Waals surface area contributed by atoms with Gasteiger partial charge < -0.3 is 9.52 Å². The van der Waals surface area contributed by atoms with Crippen molar-refractivity contribution in [2.75, 3.05) is 6.61 Å². The molecule has 8 nitrogen and oxygen atoms in total. The maximum Gasteiger partial charge on any atom is 0.226 e. The molecule has 0 spiro atoms. The lowest BCUT2D eigenvalue weighted by molar-refractivity contribution is 0.262. The van der Waals surface area contributed by atoms with E-state index in [1.165, 1.54) is 16.4 Å². The Morgan fingerprint density at radius 1 is 1.29 bits per heavy atom. The Hall–Kier alpha value is -1.48. The first kappa shape index (κ1) is 12.0. The second-order valence-corrected chi connectivity index (χ2v) is 4.08. The molecule has 0 atom stereocenters. The van der Waals surface area contributed by atoms with Crippen LogP contribution in [0.15, 0.2) is 9.57 Å². The maximum atomic E-state index is 8.82. The lowest BCUT2D eigenvalue weighted by atomic mass is 10.5. The molecule has 0 aliphatic heterocycles. The van der Waals surface area contributed by atoms with Crippen molar-refractivity contribution in [1.82, 2.24) is 30.4 Å². The summed E-state index contributed by atoms with van der Waals surface area (Å²) in [7, 11) is 0. The van der Waals surface area contributed by atoms with E-state index in [1.54, 1.807) is 0 Å². The van der Waals surface area contributed by atoms with Gasteiger partial charge in [0.2, 0.25) is 16.9 Å². The molecule has 1 N–H and O–H groups in total. The minimum absolute atomic E-state index is 0.000853. The van der Waals surface area contributed by atoms with Crippen LogP contribution >= 0.6 is 11.8 Å². The van der Waals surface area contributed by atoms with Crippen LogP contribution < -0.4 is 0 Å². The molecule has 2 heterocycles. The number of hydrogen-bond acceptors (Lipinski definition) is 8. The summed E-state index contributed by atoms with van der Waals surface area (Å²) in [5.41, 5.74) is 0. The van der Waals surface area contributed by atoms with Gasteiger partial charge in [0.15, 0.2) is 0 Å². The predicted octanol–water partition coefficient (Wildman–Crippen LogP) is -0.0969. The van der Waals surface area contributed by atoms with E-state index in [1.807, 2.05) is 6.92 Å². The van der Waals surface area contributed by atoms with Crippen LogP contribution in [0.1, 0.15) is 18.7 Å².